The molecule has 0 amide bonds. The fraction of sp³-hybridized carbons (Fsp3) is 1.00. The van der Waals surface area contributed by atoms with Crippen molar-refractivity contribution >= 4 is 45.8 Å². The molecule has 0 bridgehead atoms. The molecule has 0 aliphatic carbocycles. The molecule has 1 aliphatic heterocycles. The van der Waals surface area contributed by atoms with E-state index in [-0.39, 0.29) is 10.0 Å². The zero-order valence-electron chi connectivity index (χ0n) is 7.93. The minimum atomic E-state index is 0.0652. The van der Waals surface area contributed by atoms with Crippen LogP contribution in [0.5, 0.6) is 0 Å². The van der Waals surface area contributed by atoms with Crippen LogP contribution in [0.1, 0.15) is 6.42 Å². The summed E-state index contributed by atoms with van der Waals surface area (Å²) in [5.74, 6) is 1.63. The van der Waals surface area contributed by atoms with Gasteiger partial charge in [0, 0.05) is 24.3 Å². The Balaban J connectivity index is 2.19. The SMILES string of the molecule is ClCC(I)C(CCl)OCC1CCOC1. The number of hydrogen-bond acceptors (Lipinski definition) is 2. The average molecular weight is 353 g/mol. The Kier molecular flexibility index (Phi) is 7.12. The fourth-order valence-corrected chi connectivity index (χ4v) is 2.58. The van der Waals surface area contributed by atoms with Gasteiger partial charge >= 0.3 is 0 Å². The van der Waals surface area contributed by atoms with E-state index < -0.39 is 0 Å². The van der Waals surface area contributed by atoms with Crippen LogP contribution in [0.25, 0.3) is 0 Å². The molecule has 5 heteroatoms. The van der Waals surface area contributed by atoms with E-state index in [1.807, 2.05) is 0 Å². The van der Waals surface area contributed by atoms with Crippen LogP contribution in [0.4, 0.5) is 0 Å². The molecule has 0 aromatic rings. The van der Waals surface area contributed by atoms with E-state index in [1.165, 1.54) is 0 Å². The van der Waals surface area contributed by atoms with E-state index in [2.05, 4.69) is 22.6 Å². The largest absolute Gasteiger partial charge is 0.381 e. The standard InChI is InChI=1S/C9H15Cl2IO2/c10-3-8(12)9(4-11)14-6-7-1-2-13-5-7/h7-9H,1-6H2. The van der Waals surface area contributed by atoms with Crippen molar-refractivity contribution in [3.63, 3.8) is 0 Å². The molecule has 0 aromatic heterocycles. The van der Waals surface area contributed by atoms with Crippen molar-refractivity contribution in [2.75, 3.05) is 31.6 Å². The fourth-order valence-electron chi connectivity index (χ4n) is 1.32. The second-order valence-corrected chi connectivity index (χ2v) is 5.64. The molecular weight excluding hydrogens is 338 g/mol. The molecule has 0 N–H and O–H groups in total. The second-order valence-electron chi connectivity index (χ2n) is 3.43. The number of halogens is 3. The Bertz CT molecular complexity index is 154. The highest BCUT2D eigenvalue weighted by Gasteiger charge is 2.21. The maximum absolute atomic E-state index is 5.81. The molecule has 3 atom stereocenters. The van der Waals surface area contributed by atoms with Crippen LogP contribution >= 0.6 is 45.8 Å². The molecule has 1 saturated heterocycles. The van der Waals surface area contributed by atoms with Crippen LogP contribution in [0, 0.1) is 5.92 Å². The van der Waals surface area contributed by atoms with Gasteiger partial charge in [-0.1, -0.05) is 22.6 Å². The summed E-state index contributed by atoms with van der Waals surface area (Å²) in [6.07, 6.45) is 1.16. The summed E-state index contributed by atoms with van der Waals surface area (Å²) in [6, 6.07) is 0. The van der Waals surface area contributed by atoms with E-state index >= 15 is 0 Å². The Morgan fingerprint density at radius 1 is 1.43 bits per heavy atom. The van der Waals surface area contributed by atoms with Gasteiger partial charge in [0.2, 0.25) is 0 Å². The van der Waals surface area contributed by atoms with Gasteiger partial charge in [0.25, 0.3) is 0 Å². The highest BCUT2D eigenvalue weighted by atomic mass is 127. The molecule has 14 heavy (non-hydrogen) atoms. The van der Waals surface area contributed by atoms with Crippen LogP contribution in [0.3, 0.4) is 0 Å². The zero-order valence-corrected chi connectivity index (χ0v) is 11.6. The van der Waals surface area contributed by atoms with E-state index in [0.717, 1.165) is 26.2 Å². The quantitative estimate of drug-likeness (QED) is 0.540. The third-order valence-electron chi connectivity index (χ3n) is 2.27. The van der Waals surface area contributed by atoms with Gasteiger partial charge in [-0.05, 0) is 6.42 Å². The Hall–Kier alpha value is 1.23. The van der Waals surface area contributed by atoms with Crippen LogP contribution in [-0.4, -0.2) is 41.6 Å². The van der Waals surface area contributed by atoms with Crippen molar-refractivity contribution in [1.29, 1.82) is 0 Å². The molecule has 1 heterocycles. The lowest BCUT2D eigenvalue weighted by atomic mass is 10.1. The molecule has 1 fully saturated rings. The summed E-state index contributed by atoms with van der Waals surface area (Å²) >= 11 is 13.8. The van der Waals surface area contributed by atoms with Crippen molar-refractivity contribution in [2.45, 2.75) is 16.4 Å². The van der Waals surface area contributed by atoms with Crippen molar-refractivity contribution < 1.29 is 9.47 Å². The van der Waals surface area contributed by atoms with Gasteiger partial charge in [-0.25, -0.2) is 0 Å². The lowest BCUT2D eigenvalue weighted by molar-refractivity contribution is 0.0424. The van der Waals surface area contributed by atoms with E-state index in [1.54, 1.807) is 0 Å². The Labute approximate surface area is 109 Å². The van der Waals surface area contributed by atoms with Gasteiger partial charge < -0.3 is 9.47 Å². The highest BCUT2D eigenvalue weighted by Crippen LogP contribution is 2.18. The van der Waals surface area contributed by atoms with E-state index in [9.17, 15) is 0 Å². The lowest BCUT2D eigenvalue weighted by Crippen LogP contribution is -2.29. The van der Waals surface area contributed by atoms with Gasteiger partial charge in [0.05, 0.1) is 23.2 Å². The number of hydrogen-bond donors (Lipinski definition) is 0. The maximum atomic E-state index is 5.81. The monoisotopic (exact) mass is 352 g/mol. The van der Waals surface area contributed by atoms with Gasteiger partial charge in [0.15, 0.2) is 0 Å². The molecule has 3 unspecified atom stereocenters. The van der Waals surface area contributed by atoms with E-state index in [0.29, 0.717) is 17.7 Å². The van der Waals surface area contributed by atoms with Crippen molar-refractivity contribution in [3.05, 3.63) is 0 Å². The second kappa shape index (κ2) is 7.49. The summed E-state index contributed by atoms with van der Waals surface area (Å²) in [5.41, 5.74) is 0. The molecule has 0 radical (unpaired) electrons. The third kappa shape index (κ3) is 4.39. The first-order valence-corrected chi connectivity index (χ1v) is 7.04. The molecule has 1 rings (SSSR count). The molecule has 1 aliphatic rings. The maximum Gasteiger partial charge on any atom is 0.0839 e. The predicted molar refractivity (Wildman–Crippen MR) is 67.9 cm³/mol. The Morgan fingerprint density at radius 2 is 2.21 bits per heavy atom. The number of alkyl halides is 3. The van der Waals surface area contributed by atoms with E-state index in [4.69, 9.17) is 32.7 Å². The van der Waals surface area contributed by atoms with Gasteiger partial charge in [-0.15, -0.1) is 23.2 Å². The summed E-state index contributed by atoms with van der Waals surface area (Å²) in [6.45, 7) is 2.43. The summed E-state index contributed by atoms with van der Waals surface area (Å²) in [7, 11) is 0. The first kappa shape index (κ1) is 13.3. The predicted octanol–water partition coefficient (Wildman–Crippen LogP) is 2.69. The topological polar surface area (TPSA) is 18.5 Å². The molecular formula is C9H15Cl2IO2. The summed E-state index contributed by atoms with van der Waals surface area (Å²) in [5, 5.41) is 0. The Morgan fingerprint density at radius 3 is 2.71 bits per heavy atom. The first-order chi connectivity index (χ1) is 6.77. The third-order valence-corrected chi connectivity index (χ3v) is 4.67. The van der Waals surface area contributed by atoms with Gasteiger partial charge in [-0.2, -0.15) is 0 Å². The normalized spacial score (nSPS) is 26.4. The molecule has 0 saturated carbocycles. The molecule has 84 valence electrons. The first-order valence-electron chi connectivity index (χ1n) is 4.73. The number of rotatable bonds is 6. The molecule has 0 spiro atoms. The minimum Gasteiger partial charge on any atom is -0.381 e. The molecule has 2 nitrogen and oxygen atoms in total. The summed E-state index contributed by atoms with van der Waals surface area (Å²) < 4.78 is 11.3. The van der Waals surface area contributed by atoms with Crippen molar-refractivity contribution in [1.82, 2.24) is 0 Å². The van der Waals surface area contributed by atoms with Gasteiger partial charge in [-0.3, -0.25) is 0 Å². The zero-order chi connectivity index (χ0) is 10.4. The average Bonchev–Trinajstić information content (AvgIpc) is 2.71. The lowest BCUT2D eigenvalue weighted by Gasteiger charge is -2.20. The van der Waals surface area contributed by atoms with Crippen LogP contribution < -0.4 is 0 Å². The van der Waals surface area contributed by atoms with Crippen molar-refractivity contribution in [3.8, 4) is 0 Å². The van der Waals surface area contributed by atoms with Crippen LogP contribution in [0.2, 0.25) is 0 Å². The summed E-state index contributed by atoms with van der Waals surface area (Å²) in [4.78, 5) is 0. The van der Waals surface area contributed by atoms with Crippen LogP contribution in [-0.2, 0) is 9.47 Å². The number of ether oxygens (including phenoxy) is 2. The molecule has 0 aromatic carbocycles. The minimum absolute atomic E-state index is 0.0652. The van der Waals surface area contributed by atoms with Crippen LogP contribution in [0.15, 0.2) is 0 Å². The van der Waals surface area contributed by atoms with Crippen molar-refractivity contribution in [2.24, 2.45) is 5.92 Å². The smallest absolute Gasteiger partial charge is 0.0839 e. The highest BCUT2D eigenvalue weighted by molar-refractivity contribution is 14.1. The van der Waals surface area contributed by atoms with Gasteiger partial charge in [0.1, 0.15) is 0 Å².